The van der Waals surface area contributed by atoms with Gasteiger partial charge in [0.1, 0.15) is 16.5 Å². The van der Waals surface area contributed by atoms with Crippen LogP contribution in [-0.4, -0.2) is 16.8 Å². The molecule has 132 valence electrons. The van der Waals surface area contributed by atoms with Crippen LogP contribution in [0.2, 0.25) is 0 Å². The number of nitrogens with two attached hydrogens (primary N) is 1. The van der Waals surface area contributed by atoms with Crippen LogP contribution >= 0.6 is 10.7 Å². The summed E-state index contributed by atoms with van der Waals surface area (Å²) in [6, 6.07) is 5.46. The first-order valence-corrected chi connectivity index (χ1v) is 9.56. The van der Waals surface area contributed by atoms with Crippen LogP contribution in [0.1, 0.15) is 0 Å². The van der Waals surface area contributed by atoms with Gasteiger partial charge in [0.25, 0.3) is 9.05 Å². The maximum atomic E-state index is 12.7. The van der Waals surface area contributed by atoms with E-state index >= 15 is 0 Å². The summed E-state index contributed by atoms with van der Waals surface area (Å²) in [5.41, 5.74) is 0. The smallest absolute Gasteiger partial charge is 0.225 e. The van der Waals surface area contributed by atoms with Gasteiger partial charge >= 0.3 is 0 Å². The molecule has 2 N–H and O–H groups in total. The summed E-state index contributed by atoms with van der Waals surface area (Å²) in [6.07, 6.45) is 0. The molecule has 2 aromatic carbocycles. The third-order valence-corrected chi connectivity index (χ3v) is 4.65. The average Bonchev–Trinajstić information content (AvgIpc) is 2.39. The molecular weight excluding hydrogens is 398 g/mol. The van der Waals surface area contributed by atoms with Crippen LogP contribution in [0.25, 0.3) is 0 Å². The zero-order valence-electron chi connectivity index (χ0n) is 11.4. The fourth-order valence-electron chi connectivity index (χ4n) is 1.42. The number of sulfonamides is 1. The van der Waals surface area contributed by atoms with Crippen molar-refractivity contribution in [2.75, 3.05) is 0 Å². The highest BCUT2D eigenvalue weighted by molar-refractivity contribution is 8.13. The molecule has 0 atom stereocenters. The lowest BCUT2D eigenvalue weighted by Gasteiger charge is -1.99. The lowest BCUT2D eigenvalue weighted by molar-refractivity contribution is 0.485. The SMILES string of the molecule is NS(=O)(=O)c1cccc(F)c1F.O=S(=O)(Cl)c1c(F)cccc1F. The molecule has 0 saturated heterocycles. The predicted octanol–water partition coefficient (Wildman–Crippen LogP) is 2.50. The van der Waals surface area contributed by atoms with Crippen LogP contribution < -0.4 is 5.14 Å². The zero-order chi connectivity index (χ0) is 18.7. The van der Waals surface area contributed by atoms with E-state index in [1.54, 1.807) is 0 Å². The molecule has 0 aliphatic rings. The van der Waals surface area contributed by atoms with Crippen LogP contribution in [0.3, 0.4) is 0 Å². The van der Waals surface area contributed by atoms with Gasteiger partial charge in [-0.2, -0.15) is 0 Å². The van der Waals surface area contributed by atoms with Crippen molar-refractivity contribution in [2.45, 2.75) is 9.79 Å². The Morgan fingerprint density at radius 3 is 1.54 bits per heavy atom. The highest BCUT2D eigenvalue weighted by atomic mass is 35.7. The summed E-state index contributed by atoms with van der Waals surface area (Å²) in [4.78, 5) is -1.94. The second-order valence-corrected chi connectivity index (χ2v) is 8.12. The zero-order valence-corrected chi connectivity index (χ0v) is 13.8. The lowest BCUT2D eigenvalue weighted by Crippen LogP contribution is -2.14. The molecule has 0 unspecified atom stereocenters. The summed E-state index contributed by atoms with van der Waals surface area (Å²) in [7, 11) is -3.75. The molecule has 2 aromatic rings. The molecule has 0 heterocycles. The molecule has 0 bridgehead atoms. The van der Waals surface area contributed by atoms with Gasteiger partial charge in [-0.15, -0.1) is 0 Å². The number of halogens is 5. The summed E-state index contributed by atoms with van der Waals surface area (Å²) in [5.74, 6) is -5.06. The van der Waals surface area contributed by atoms with E-state index in [4.69, 9.17) is 10.7 Å². The monoisotopic (exact) mass is 405 g/mol. The first kappa shape index (κ1) is 20.4. The minimum atomic E-state index is -4.34. The Morgan fingerprint density at radius 2 is 1.21 bits per heavy atom. The maximum Gasteiger partial charge on any atom is 0.267 e. The number of rotatable bonds is 2. The normalized spacial score (nSPS) is 11.6. The van der Waals surface area contributed by atoms with Gasteiger partial charge in [0.15, 0.2) is 16.5 Å². The van der Waals surface area contributed by atoms with Crippen molar-refractivity contribution in [3.05, 3.63) is 59.7 Å². The van der Waals surface area contributed by atoms with E-state index in [-0.39, 0.29) is 0 Å². The van der Waals surface area contributed by atoms with Gasteiger partial charge in [0.05, 0.1) is 0 Å². The second-order valence-electron chi connectivity index (χ2n) is 4.09. The number of hydrogen-bond donors (Lipinski definition) is 1. The summed E-state index contributed by atoms with van der Waals surface area (Å²) in [5, 5.41) is 4.59. The summed E-state index contributed by atoms with van der Waals surface area (Å²) >= 11 is 0. The highest BCUT2D eigenvalue weighted by Crippen LogP contribution is 2.21. The van der Waals surface area contributed by atoms with Crippen LogP contribution in [0.4, 0.5) is 17.6 Å². The average molecular weight is 406 g/mol. The first-order valence-electron chi connectivity index (χ1n) is 5.71. The Labute approximate surface area is 139 Å². The van der Waals surface area contributed by atoms with Crippen molar-refractivity contribution < 1.29 is 34.4 Å². The summed E-state index contributed by atoms with van der Waals surface area (Å²) in [6.45, 7) is 0. The van der Waals surface area contributed by atoms with E-state index in [9.17, 15) is 34.4 Å². The molecule has 0 radical (unpaired) electrons. The Morgan fingerprint density at radius 1 is 0.792 bits per heavy atom. The molecule has 2 rings (SSSR count). The molecular formula is C12H8ClF4NO4S2. The Kier molecular flexibility index (Phi) is 6.33. The van der Waals surface area contributed by atoms with Crippen LogP contribution in [0.5, 0.6) is 0 Å². The molecule has 0 fully saturated rings. The lowest BCUT2D eigenvalue weighted by atomic mass is 10.3. The van der Waals surface area contributed by atoms with E-state index in [2.05, 4.69) is 5.14 Å². The molecule has 0 aliphatic carbocycles. The second kappa shape index (κ2) is 7.47. The maximum absolute atomic E-state index is 12.7. The minimum Gasteiger partial charge on any atom is -0.225 e. The molecule has 0 aliphatic heterocycles. The van der Waals surface area contributed by atoms with E-state index in [1.165, 1.54) is 0 Å². The Bertz CT molecular complexity index is 945. The third kappa shape index (κ3) is 5.16. The molecule has 5 nitrogen and oxygen atoms in total. The number of primary sulfonamides is 1. The predicted molar refractivity (Wildman–Crippen MR) is 77.1 cm³/mol. The fourth-order valence-corrected chi connectivity index (χ4v) is 3.08. The van der Waals surface area contributed by atoms with Gasteiger partial charge in [-0.3, -0.25) is 0 Å². The molecule has 0 saturated carbocycles. The van der Waals surface area contributed by atoms with E-state index in [0.29, 0.717) is 0 Å². The van der Waals surface area contributed by atoms with Crippen molar-refractivity contribution in [3.63, 3.8) is 0 Å². The number of hydrogen-bond acceptors (Lipinski definition) is 4. The third-order valence-electron chi connectivity index (χ3n) is 2.39. The van der Waals surface area contributed by atoms with Crippen LogP contribution in [0.15, 0.2) is 46.2 Å². The highest BCUT2D eigenvalue weighted by Gasteiger charge is 2.20. The molecule has 12 heteroatoms. The van der Waals surface area contributed by atoms with Crippen LogP contribution in [-0.2, 0) is 19.1 Å². The van der Waals surface area contributed by atoms with Gasteiger partial charge in [-0.1, -0.05) is 12.1 Å². The van der Waals surface area contributed by atoms with Gasteiger partial charge in [-0.05, 0) is 24.3 Å². The Balaban J connectivity index is 0.000000240. The molecule has 0 spiro atoms. The van der Waals surface area contributed by atoms with Gasteiger partial charge in [-0.25, -0.2) is 39.5 Å². The van der Waals surface area contributed by atoms with Crippen molar-refractivity contribution in [1.29, 1.82) is 0 Å². The van der Waals surface area contributed by atoms with Gasteiger partial charge in [0, 0.05) is 10.7 Å². The topological polar surface area (TPSA) is 94.3 Å². The first-order chi connectivity index (χ1) is 10.9. The number of benzene rings is 2. The van der Waals surface area contributed by atoms with E-state index < -0.39 is 52.1 Å². The Hall–Kier alpha value is -1.69. The van der Waals surface area contributed by atoms with E-state index in [0.717, 1.165) is 36.4 Å². The van der Waals surface area contributed by atoms with Gasteiger partial charge in [0.2, 0.25) is 10.0 Å². The largest absolute Gasteiger partial charge is 0.267 e. The van der Waals surface area contributed by atoms with Gasteiger partial charge < -0.3 is 0 Å². The fraction of sp³-hybridized carbons (Fsp3) is 0. The molecule has 0 aromatic heterocycles. The van der Waals surface area contributed by atoms with Crippen molar-refractivity contribution in [1.82, 2.24) is 0 Å². The van der Waals surface area contributed by atoms with Crippen molar-refractivity contribution >= 4 is 29.8 Å². The molecule has 0 amide bonds. The van der Waals surface area contributed by atoms with Crippen molar-refractivity contribution in [2.24, 2.45) is 5.14 Å². The van der Waals surface area contributed by atoms with Crippen molar-refractivity contribution in [3.8, 4) is 0 Å². The van der Waals surface area contributed by atoms with E-state index in [1.807, 2.05) is 0 Å². The quantitative estimate of drug-likeness (QED) is 0.613. The minimum absolute atomic E-state index is 0.810. The van der Waals surface area contributed by atoms with Crippen LogP contribution in [0, 0.1) is 23.3 Å². The molecule has 24 heavy (non-hydrogen) atoms. The summed E-state index contributed by atoms with van der Waals surface area (Å²) < 4.78 is 92.6. The standard InChI is InChI=1S/C6H3ClF2O2S.C6H5F2NO2S/c7-12(10,11)6-4(8)2-1-3-5(6)9;7-4-2-1-3-5(6(4)8)12(9,10)11/h1-3H;1-3H,(H2,9,10,11).